The summed E-state index contributed by atoms with van der Waals surface area (Å²) in [5.74, 6) is 0. The van der Waals surface area contributed by atoms with E-state index in [4.69, 9.17) is 5.73 Å². The van der Waals surface area contributed by atoms with E-state index < -0.39 is 0 Å². The second-order valence-electron chi connectivity index (χ2n) is 1.94. The first-order valence-corrected chi connectivity index (χ1v) is 2.28. The second-order valence-corrected chi connectivity index (χ2v) is 2.17. The van der Waals surface area contributed by atoms with Crippen LogP contribution in [0.25, 0.3) is 0 Å². The van der Waals surface area contributed by atoms with E-state index in [0.29, 0.717) is 0 Å². The third-order valence-electron chi connectivity index (χ3n) is 0.304. The summed E-state index contributed by atoms with van der Waals surface area (Å²) in [5, 5.41) is 1.55. The van der Waals surface area contributed by atoms with Gasteiger partial charge in [-0.05, 0) is 19.2 Å². The predicted molar refractivity (Wildman–Crippen MR) is 31.9 cm³/mol. The predicted octanol–water partition coefficient (Wildman–Crippen LogP) is 0.723. The molecule has 0 aliphatic rings. The molecule has 0 radical (unpaired) electrons. The third kappa shape index (κ3) is 4.05. The summed E-state index contributed by atoms with van der Waals surface area (Å²) >= 11 is 4.54. The highest BCUT2D eigenvalue weighted by Crippen LogP contribution is 1.87. The fourth-order valence-corrected chi connectivity index (χ4v) is 0. The van der Waals surface area contributed by atoms with E-state index in [1.54, 1.807) is 5.37 Å². The van der Waals surface area contributed by atoms with Gasteiger partial charge < -0.3 is 5.73 Å². The summed E-state index contributed by atoms with van der Waals surface area (Å²) in [6.07, 6.45) is 0. The standard InChI is InChI=1S/C4H9NS/c1-4(2,5)3-6/h3H,5H2,1-2H3. The van der Waals surface area contributed by atoms with Crippen LogP contribution >= 0.6 is 12.2 Å². The monoisotopic (exact) mass is 103 g/mol. The van der Waals surface area contributed by atoms with Crippen LogP contribution in [0.4, 0.5) is 0 Å². The van der Waals surface area contributed by atoms with Gasteiger partial charge in [0.1, 0.15) is 0 Å². The van der Waals surface area contributed by atoms with Crippen molar-refractivity contribution in [1.29, 1.82) is 0 Å². The maximum absolute atomic E-state index is 5.38. The Hall–Kier alpha value is 0.0500. The summed E-state index contributed by atoms with van der Waals surface area (Å²) < 4.78 is 0. The van der Waals surface area contributed by atoms with E-state index in [2.05, 4.69) is 12.2 Å². The lowest BCUT2D eigenvalue weighted by atomic mass is 10.1. The molecule has 0 aliphatic heterocycles. The van der Waals surface area contributed by atoms with E-state index in [1.807, 2.05) is 13.8 Å². The average Bonchev–Trinajstić information content (AvgIpc) is 1.35. The first-order chi connectivity index (χ1) is 2.56. The first kappa shape index (κ1) is 6.05. The summed E-state index contributed by atoms with van der Waals surface area (Å²) in [6, 6.07) is 0. The fraction of sp³-hybridized carbons (Fsp3) is 0.750. The molecule has 0 bridgehead atoms. The van der Waals surface area contributed by atoms with Crippen LogP contribution < -0.4 is 5.73 Å². The lowest BCUT2D eigenvalue weighted by molar-refractivity contribution is 0.723. The van der Waals surface area contributed by atoms with E-state index in [0.717, 1.165) is 0 Å². The van der Waals surface area contributed by atoms with Crippen LogP contribution in [0.1, 0.15) is 13.8 Å². The molecule has 0 aliphatic carbocycles. The molecule has 0 aromatic carbocycles. The van der Waals surface area contributed by atoms with Gasteiger partial charge in [-0.2, -0.15) is 0 Å². The van der Waals surface area contributed by atoms with E-state index in [-0.39, 0.29) is 5.54 Å². The zero-order valence-electron chi connectivity index (χ0n) is 4.06. The Bertz CT molecular complexity index is 53.1. The van der Waals surface area contributed by atoms with Gasteiger partial charge in [0, 0.05) is 5.54 Å². The minimum Gasteiger partial charge on any atom is -0.322 e. The lowest BCUT2D eigenvalue weighted by Crippen LogP contribution is -2.32. The van der Waals surface area contributed by atoms with E-state index in [9.17, 15) is 0 Å². The SMILES string of the molecule is CC(C)(N)C=S. The largest absolute Gasteiger partial charge is 0.322 e. The lowest BCUT2D eigenvalue weighted by Gasteiger charge is -2.07. The molecule has 0 heterocycles. The highest BCUT2D eigenvalue weighted by atomic mass is 32.1. The van der Waals surface area contributed by atoms with E-state index >= 15 is 0 Å². The normalized spacial score (nSPS) is 11.2. The quantitative estimate of drug-likeness (QED) is 0.495. The van der Waals surface area contributed by atoms with Crippen molar-refractivity contribution in [1.82, 2.24) is 0 Å². The number of hydrogen-bond acceptors (Lipinski definition) is 2. The topological polar surface area (TPSA) is 26.0 Å². The highest BCUT2D eigenvalue weighted by molar-refractivity contribution is 7.79. The van der Waals surface area contributed by atoms with Crippen molar-refractivity contribution in [2.24, 2.45) is 5.73 Å². The molecule has 1 nitrogen and oxygen atoms in total. The van der Waals surface area contributed by atoms with Crippen molar-refractivity contribution in [3.63, 3.8) is 0 Å². The van der Waals surface area contributed by atoms with Gasteiger partial charge in [-0.25, -0.2) is 0 Å². The molecule has 0 saturated heterocycles. The molecule has 0 aromatic rings. The second kappa shape index (κ2) is 1.67. The molecule has 0 atom stereocenters. The molecule has 36 valence electrons. The van der Waals surface area contributed by atoms with Crippen LogP contribution in [0.3, 0.4) is 0 Å². The summed E-state index contributed by atoms with van der Waals surface area (Å²) in [6.45, 7) is 3.72. The molecule has 0 saturated carbocycles. The molecular formula is C4H9NS. The van der Waals surface area contributed by atoms with Crippen LogP contribution in [0.15, 0.2) is 0 Å². The minimum absolute atomic E-state index is 0.269. The summed E-state index contributed by atoms with van der Waals surface area (Å²) in [7, 11) is 0. The fourth-order valence-electron chi connectivity index (χ4n) is 0. The van der Waals surface area contributed by atoms with Crippen molar-refractivity contribution in [3.05, 3.63) is 0 Å². The first-order valence-electron chi connectivity index (χ1n) is 1.81. The van der Waals surface area contributed by atoms with Crippen molar-refractivity contribution in [2.75, 3.05) is 0 Å². The van der Waals surface area contributed by atoms with Gasteiger partial charge in [-0.3, -0.25) is 0 Å². The summed E-state index contributed by atoms with van der Waals surface area (Å²) in [5.41, 5.74) is 5.11. The molecule has 0 spiro atoms. The van der Waals surface area contributed by atoms with Crippen LogP contribution in [-0.4, -0.2) is 10.9 Å². The van der Waals surface area contributed by atoms with Crippen molar-refractivity contribution >= 4 is 17.6 Å². The van der Waals surface area contributed by atoms with Crippen LogP contribution in [-0.2, 0) is 0 Å². The molecule has 0 aromatic heterocycles. The van der Waals surface area contributed by atoms with Gasteiger partial charge in [0.2, 0.25) is 0 Å². The Labute approximate surface area is 43.5 Å². The Morgan fingerprint density at radius 3 is 1.83 bits per heavy atom. The van der Waals surface area contributed by atoms with Crippen LogP contribution in [0.5, 0.6) is 0 Å². The van der Waals surface area contributed by atoms with Crippen LogP contribution in [0, 0.1) is 0 Å². The van der Waals surface area contributed by atoms with Gasteiger partial charge >= 0.3 is 0 Å². The van der Waals surface area contributed by atoms with Crippen molar-refractivity contribution in [3.8, 4) is 0 Å². The number of thiocarbonyl (C=S) groups is 1. The van der Waals surface area contributed by atoms with Gasteiger partial charge in [-0.1, -0.05) is 12.2 Å². The molecule has 0 fully saturated rings. The molecule has 6 heavy (non-hydrogen) atoms. The molecule has 2 heteroatoms. The molecule has 0 unspecified atom stereocenters. The summed E-state index contributed by atoms with van der Waals surface area (Å²) in [4.78, 5) is 0. The molecule has 2 N–H and O–H groups in total. The van der Waals surface area contributed by atoms with Gasteiger partial charge in [0.05, 0.1) is 0 Å². The maximum atomic E-state index is 5.38. The highest BCUT2D eigenvalue weighted by Gasteiger charge is 2.01. The van der Waals surface area contributed by atoms with Gasteiger partial charge in [0.25, 0.3) is 0 Å². The zero-order valence-corrected chi connectivity index (χ0v) is 4.88. The smallest absolute Gasteiger partial charge is 0.0385 e. The Morgan fingerprint density at radius 1 is 1.67 bits per heavy atom. The van der Waals surface area contributed by atoms with Crippen molar-refractivity contribution < 1.29 is 0 Å². The number of hydrogen-bond donors (Lipinski definition) is 1. The van der Waals surface area contributed by atoms with Gasteiger partial charge in [-0.15, -0.1) is 0 Å². The Kier molecular flexibility index (Phi) is 1.68. The Balaban J connectivity index is 3.45. The molecule has 0 amide bonds. The number of rotatable bonds is 1. The molecular weight excluding hydrogens is 94.1 g/mol. The third-order valence-corrected chi connectivity index (χ3v) is 0.911. The molecule has 0 rings (SSSR count). The Morgan fingerprint density at radius 2 is 1.83 bits per heavy atom. The van der Waals surface area contributed by atoms with Crippen molar-refractivity contribution in [2.45, 2.75) is 19.4 Å². The minimum atomic E-state index is -0.269. The maximum Gasteiger partial charge on any atom is 0.0385 e. The number of nitrogens with two attached hydrogens (primary N) is 1. The van der Waals surface area contributed by atoms with Crippen LogP contribution in [0.2, 0.25) is 0 Å². The zero-order chi connectivity index (χ0) is 5.21. The average molecular weight is 103 g/mol. The van der Waals surface area contributed by atoms with Gasteiger partial charge in [0.15, 0.2) is 0 Å². The van der Waals surface area contributed by atoms with E-state index in [1.165, 1.54) is 0 Å².